The predicted octanol–water partition coefficient (Wildman–Crippen LogP) is -0.264. The van der Waals surface area contributed by atoms with Crippen LogP contribution in [0.15, 0.2) is 18.9 Å². The Hall–Kier alpha value is -2.38. The van der Waals surface area contributed by atoms with Gasteiger partial charge in [-0.3, -0.25) is 4.79 Å². The van der Waals surface area contributed by atoms with Crippen molar-refractivity contribution in [2.45, 2.75) is 26.1 Å². The summed E-state index contributed by atoms with van der Waals surface area (Å²) >= 11 is 0. The molecule has 1 aromatic heterocycles. The Bertz CT molecular complexity index is 442. The molecule has 8 nitrogen and oxygen atoms in total. The van der Waals surface area contributed by atoms with E-state index in [2.05, 4.69) is 27.5 Å². The van der Waals surface area contributed by atoms with E-state index in [0.717, 1.165) is 0 Å². The van der Waals surface area contributed by atoms with Crippen LogP contribution in [-0.4, -0.2) is 38.1 Å². The summed E-state index contributed by atoms with van der Waals surface area (Å²) in [6.07, 6.45) is 3.06. The summed E-state index contributed by atoms with van der Waals surface area (Å²) < 4.78 is 1.18. The van der Waals surface area contributed by atoms with Gasteiger partial charge >= 0.3 is 12.0 Å². The molecule has 1 unspecified atom stereocenters. The fourth-order valence-corrected chi connectivity index (χ4v) is 1.12. The van der Waals surface area contributed by atoms with Crippen molar-refractivity contribution in [1.29, 1.82) is 0 Å². The molecule has 0 saturated carbocycles. The molecule has 0 aliphatic carbocycles. The lowest BCUT2D eigenvalue weighted by molar-refractivity contribution is -0.137. The van der Waals surface area contributed by atoms with E-state index in [1.165, 1.54) is 10.9 Å². The van der Waals surface area contributed by atoms with E-state index in [9.17, 15) is 9.59 Å². The van der Waals surface area contributed by atoms with Gasteiger partial charge in [0.05, 0.1) is 12.7 Å². The quantitative estimate of drug-likeness (QED) is 0.605. The van der Waals surface area contributed by atoms with Crippen LogP contribution >= 0.6 is 0 Å². The highest BCUT2D eigenvalue weighted by atomic mass is 16.4. The van der Waals surface area contributed by atoms with Gasteiger partial charge in [0.2, 0.25) is 0 Å². The maximum atomic E-state index is 11.4. The average molecular weight is 253 g/mol. The molecule has 98 valence electrons. The number of urea groups is 1. The van der Waals surface area contributed by atoms with Crippen LogP contribution in [0, 0.1) is 0 Å². The Morgan fingerprint density at radius 1 is 1.67 bits per heavy atom. The minimum absolute atomic E-state index is 0.132. The molecule has 0 aromatic carbocycles. The van der Waals surface area contributed by atoms with Crippen molar-refractivity contribution in [2.75, 3.05) is 0 Å². The highest BCUT2D eigenvalue weighted by Crippen LogP contribution is 1.92. The van der Waals surface area contributed by atoms with Gasteiger partial charge in [-0.1, -0.05) is 11.3 Å². The van der Waals surface area contributed by atoms with Gasteiger partial charge in [0, 0.05) is 6.04 Å². The van der Waals surface area contributed by atoms with Crippen LogP contribution in [0.4, 0.5) is 4.79 Å². The van der Waals surface area contributed by atoms with Gasteiger partial charge in [-0.2, -0.15) is 0 Å². The Labute approximate surface area is 104 Å². The third kappa shape index (κ3) is 4.64. The minimum atomic E-state index is -1.00. The van der Waals surface area contributed by atoms with Crippen LogP contribution in [0.1, 0.15) is 12.6 Å². The van der Waals surface area contributed by atoms with Gasteiger partial charge in [-0.25, -0.2) is 9.48 Å². The minimum Gasteiger partial charge on any atom is -0.480 e. The number of carbonyl (C=O) groups is 2. The van der Waals surface area contributed by atoms with E-state index in [1.807, 2.05) is 0 Å². The molecule has 3 N–H and O–H groups in total. The molecule has 1 atom stereocenters. The van der Waals surface area contributed by atoms with Gasteiger partial charge < -0.3 is 15.7 Å². The number of aliphatic carboxylic acids is 1. The summed E-state index contributed by atoms with van der Waals surface area (Å²) in [4.78, 5) is 21.8. The molecular weight excluding hydrogens is 238 g/mol. The first kappa shape index (κ1) is 13.7. The van der Waals surface area contributed by atoms with Crippen molar-refractivity contribution >= 4 is 12.0 Å². The number of carboxylic acids is 1. The molecule has 8 heteroatoms. The van der Waals surface area contributed by atoms with Crippen LogP contribution < -0.4 is 10.6 Å². The second kappa shape index (κ2) is 6.38. The summed E-state index contributed by atoms with van der Waals surface area (Å²) in [7, 11) is 0. The molecule has 1 heterocycles. The third-order valence-electron chi connectivity index (χ3n) is 2.03. The average Bonchev–Trinajstić information content (AvgIpc) is 2.73. The topological polar surface area (TPSA) is 109 Å². The number of amides is 2. The molecule has 2 amide bonds. The number of rotatable bonds is 6. The number of nitrogens with one attached hydrogen (secondary N) is 2. The number of aromatic nitrogens is 3. The number of hydrogen-bond acceptors (Lipinski definition) is 4. The van der Waals surface area contributed by atoms with Gasteiger partial charge in [0.25, 0.3) is 0 Å². The van der Waals surface area contributed by atoms with Crippen molar-refractivity contribution in [3.63, 3.8) is 0 Å². The highest BCUT2D eigenvalue weighted by Gasteiger charge is 2.07. The number of carbonyl (C=O) groups excluding carboxylic acids is 1. The molecule has 0 fully saturated rings. The molecule has 0 aliphatic rings. The summed E-state index contributed by atoms with van der Waals surface area (Å²) in [5.41, 5.74) is 0.484. The Morgan fingerprint density at radius 2 is 2.39 bits per heavy atom. The first-order chi connectivity index (χ1) is 8.51. The van der Waals surface area contributed by atoms with Gasteiger partial charge in [0.1, 0.15) is 12.2 Å². The fraction of sp³-hybridized carbons (Fsp3) is 0.400. The van der Waals surface area contributed by atoms with Crippen LogP contribution in [-0.2, 0) is 17.9 Å². The molecule has 1 rings (SSSR count). The van der Waals surface area contributed by atoms with Crippen LogP contribution in [0.3, 0.4) is 0 Å². The summed E-state index contributed by atoms with van der Waals surface area (Å²) in [5, 5.41) is 21.1. The van der Waals surface area contributed by atoms with E-state index in [-0.39, 0.29) is 25.2 Å². The van der Waals surface area contributed by atoms with E-state index >= 15 is 0 Å². The molecule has 18 heavy (non-hydrogen) atoms. The monoisotopic (exact) mass is 253 g/mol. The Kier molecular flexibility index (Phi) is 4.85. The van der Waals surface area contributed by atoms with E-state index < -0.39 is 5.97 Å². The summed E-state index contributed by atoms with van der Waals surface area (Å²) in [6.45, 7) is 5.25. The van der Waals surface area contributed by atoms with Crippen molar-refractivity contribution < 1.29 is 14.7 Å². The lowest BCUT2D eigenvalue weighted by atomic mass is 10.3. The zero-order valence-corrected chi connectivity index (χ0v) is 9.96. The Morgan fingerprint density at radius 3 is 3.00 bits per heavy atom. The lowest BCUT2D eigenvalue weighted by Gasteiger charge is -2.09. The molecule has 0 aliphatic heterocycles. The maximum absolute atomic E-state index is 11.4. The molecule has 0 bridgehead atoms. The second-order valence-electron chi connectivity index (χ2n) is 3.65. The molecule has 0 radical (unpaired) electrons. The van der Waals surface area contributed by atoms with E-state index in [1.54, 1.807) is 13.0 Å². The molecule has 0 spiro atoms. The smallest absolute Gasteiger partial charge is 0.325 e. The maximum Gasteiger partial charge on any atom is 0.325 e. The van der Waals surface area contributed by atoms with E-state index in [4.69, 9.17) is 5.11 Å². The molecule has 0 saturated heterocycles. The SMILES string of the molecule is C=CC(C)NC(=O)NCc1cn(CC(=O)O)nn1. The van der Waals surface area contributed by atoms with Crippen molar-refractivity contribution in [3.05, 3.63) is 24.5 Å². The fourth-order valence-electron chi connectivity index (χ4n) is 1.12. The van der Waals surface area contributed by atoms with Crippen LogP contribution in [0.2, 0.25) is 0 Å². The lowest BCUT2D eigenvalue weighted by Crippen LogP contribution is -2.39. The van der Waals surface area contributed by atoms with E-state index in [0.29, 0.717) is 5.69 Å². The van der Waals surface area contributed by atoms with Crippen molar-refractivity contribution in [3.8, 4) is 0 Å². The molecular formula is C10H15N5O3. The number of carboxylic acid groups (broad SMARTS) is 1. The van der Waals surface area contributed by atoms with Crippen LogP contribution in [0.25, 0.3) is 0 Å². The Balaban J connectivity index is 2.39. The van der Waals surface area contributed by atoms with Crippen molar-refractivity contribution in [2.24, 2.45) is 0 Å². The number of nitrogens with zero attached hydrogens (tertiary/aromatic N) is 3. The first-order valence-corrected chi connectivity index (χ1v) is 5.29. The summed E-state index contributed by atoms with van der Waals surface area (Å²) in [5.74, 6) is -1.00. The second-order valence-corrected chi connectivity index (χ2v) is 3.65. The van der Waals surface area contributed by atoms with Crippen LogP contribution in [0.5, 0.6) is 0 Å². The first-order valence-electron chi connectivity index (χ1n) is 5.29. The highest BCUT2D eigenvalue weighted by molar-refractivity contribution is 5.74. The third-order valence-corrected chi connectivity index (χ3v) is 2.03. The van der Waals surface area contributed by atoms with Gasteiger partial charge in [0.15, 0.2) is 0 Å². The standard InChI is InChI=1S/C10H15N5O3/c1-3-7(2)12-10(18)11-4-8-5-15(14-13-8)6-9(16)17/h3,5,7H,1,4,6H2,2H3,(H,16,17)(H2,11,12,18). The largest absolute Gasteiger partial charge is 0.480 e. The predicted molar refractivity (Wildman–Crippen MR) is 62.7 cm³/mol. The molecule has 1 aromatic rings. The zero-order chi connectivity index (χ0) is 13.5. The zero-order valence-electron chi connectivity index (χ0n) is 9.96. The number of hydrogen-bond donors (Lipinski definition) is 3. The van der Waals surface area contributed by atoms with Gasteiger partial charge in [-0.05, 0) is 6.92 Å². The normalized spacial score (nSPS) is 11.6. The summed E-state index contributed by atoms with van der Waals surface area (Å²) in [6, 6.07) is -0.483. The van der Waals surface area contributed by atoms with Crippen molar-refractivity contribution in [1.82, 2.24) is 25.6 Å². The van der Waals surface area contributed by atoms with Gasteiger partial charge in [-0.15, -0.1) is 11.7 Å².